The topological polar surface area (TPSA) is 201 Å². The Labute approximate surface area is 218 Å². The van der Waals surface area contributed by atoms with Crippen molar-refractivity contribution < 1.29 is 47.2 Å². The number of carbonyl (C=O) groups is 2. The summed E-state index contributed by atoms with van der Waals surface area (Å²) in [6.07, 6.45) is -1.47. The highest BCUT2D eigenvalue weighted by atomic mass is 19.1. The molecule has 0 saturated carbocycles. The zero-order valence-corrected chi connectivity index (χ0v) is 21.1. The Kier molecular flexibility index (Phi) is 7.06. The molecule has 1 unspecified atom stereocenters. The predicted octanol–water partition coefficient (Wildman–Crippen LogP) is 2.64. The number of halogens is 1. The molecule has 208 valence electrons. The average molecular weight is 549 g/mol. The largest absolute Gasteiger partial charge is 0.519 e. The molecule has 1 aliphatic rings. The number of aliphatic hydroxyl groups is 1. The van der Waals surface area contributed by atoms with Crippen molar-refractivity contribution in [2.24, 2.45) is 0 Å². The van der Waals surface area contributed by atoms with Gasteiger partial charge in [-0.15, -0.1) is 6.42 Å². The number of hydrogen-bond donors (Lipinski definition) is 3. The molecular formula is C23H24FN5O10. The zero-order chi connectivity index (χ0) is 28.7. The van der Waals surface area contributed by atoms with Crippen LogP contribution < -0.4 is 11.1 Å². The normalized spacial score (nSPS) is 21.9. The summed E-state index contributed by atoms with van der Waals surface area (Å²) in [4.78, 5) is 46.5. The predicted molar refractivity (Wildman–Crippen MR) is 126 cm³/mol. The van der Waals surface area contributed by atoms with Gasteiger partial charge < -0.3 is 33.3 Å². The molecule has 1 aliphatic heterocycles. The van der Waals surface area contributed by atoms with Crippen molar-refractivity contribution in [3.8, 4) is 12.3 Å². The Morgan fingerprint density at radius 2 is 2.10 bits per heavy atom. The molecule has 4 atom stereocenters. The lowest BCUT2D eigenvalue weighted by Crippen LogP contribution is -2.40. The van der Waals surface area contributed by atoms with Gasteiger partial charge in [0.25, 0.3) is 0 Å². The summed E-state index contributed by atoms with van der Waals surface area (Å²) in [6, 6.07) is 0. The van der Waals surface area contributed by atoms with Crippen LogP contribution in [-0.2, 0) is 14.2 Å². The fraction of sp³-hybridized carbons (Fsp3) is 0.478. The van der Waals surface area contributed by atoms with Gasteiger partial charge in [0.05, 0.1) is 12.4 Å². The van der Waals surface area contributed by atoms with Gasteiger partial charge in [0.15, 0.2) is 40.2 Å². The molecule has 4 heterocycles. The number of nitrogens with one attached hydrogen (secondary N) is 1. The third-order valence-electron chi connectivity index (χ3n) is 5.68. The number of anilines is 1. The highest BCUT2D eigenvalue weighted by Crippen LogP contribution is 2.44. The number of carbonyl (C=O) groups excluding carboxylic acids is 1. The molecule has 39 heavy (non-hydrogen) atoms. The first-order chi connectivity index (χ1) is 18.2. The molecule has 4 rings (SSSR count). The Morgan fingerprint density at radius 1 is 1.38 bits per heavy atom. The molecule has 0 spiro atoms. The number of aromatic nitrogens is 4. The van der Waals surface area contributed by atoms with E-state index in [2.05, 4.69) is 26.2 Å². The molecule has 3 N–H and O–H groups in total. The quantitative estimate of drug-likeness (QED) is 0.230. The summed E-state index contributed by atoms with van der Waals surface area (Å²) in [7, 11) is 0. The number of rotatable bonds is 6. The van der Waals surface area contributed by atoms with E-state index in [-0.39, 0.29) is 34.9 Å². The number of amides is 1. The molecule has 16 heteroatoms. The summed E-state index contributed by atoms with van der Waals surface area (Å²) in [5.41, 5.74) is -2.80. The van der Waals surface area contributed by atoms with Crippen LogP contribution in [0, 0.1) is 25.3 Å². The number of aliphatic hydroxyl groups excluding tert-OH is 1. The second-order valence-corrected chi connectivity index (χ2v) is 9.60. The van der Waals surface area contributed by atoms with E-state index in [0.29, 0.717) is 0 Å². The summed E-state index contributed by atoms with van der Waals surface area (Å²) >= 11 is 0. The zero-order valence-electron chi connectivity index (χ0n) is 21.1. The second kappa shape index (κ2) is 10.0. The van der Waals surface area contributed by atoms with E-state index in [0.717, 1.165) is 0 Å². The number of aryl methyl sites for hydroxylation is 1. The number of imidazole rings is 1. The highest BCUT2D eigenvalue weighted by Gasteiger charge is 2.51. The van der Waals surface area contributed by atoms with Crippen LogP contribution in [0.1, 0.15) is 57.5 Å². The van der Waals surface area contributed by atoms with Crippen LogP contribution in [0.2, 0.25) is 0 Å². The van der Waals surface area contributed by atoms with Gasteiger partial charge in [-0.05, 0) is 27.7 Å². The molecule has 1 fully saturated rings. The van der Waals surface area contributed by atoms with Gasteiger partial charge in [0, 0.05) is 12.8 Å². The highest BCUT2D eigenvalue weighted by molar-refractivity contribution is 5.93. The molecule has 15 nitrogen and oxygen atoms in total. The lowest BCUT2D eigenvalue weighted by Gasteiger charge is -2.29. The molecule has 0 radical (unpaired) electrons. The van der Waals surface area contributed by atoms with Crippen molar-refractivity contribution in [2.45, 2.75) is 70.2 Å². The maximum absolute atomic E-state index is 14.4. The van der Waals surface area contributed by atoms with Gasteiger partial charge in [0.1, 0.15) is 11.8 Å². The van der Waals surface area contributed by atoms with Crippen LogP contribution in [-0.4, -0.2) is 59.3 Å². The van der Waals surface area contributed by atoms with E-state index < -0.39 is 60.2 Å². The smallest absolute Gasteiger partial charge is 0.450 e. The van der Waals surface area contributed by atoms with Crippen LogP contribution in [0.4, 0.5) is 19.8 Å². The molecule has 1 saturated heterocycles. The molecule has 0 aliphatic carbocycles. The van der Waals surface area contributed by atoms with Gasteiger partial charge in [-0.3, -0.25) is 9.88 Å². The number of nitrogens with zero attached hydrogens (tertiary/aromatic N) is 4. The van der Waals surface area contributed by atoms with E-state index in [1.165, 1.54) is 17.8 Å². The Bertz CT molecular complexity index is 1520. The minimum absolute atomic E-state index is 0.0126. The SMILES string of the molecule is C#C[C@@]1(CC(OC(=O)O)c2oc(=O)oc2C)O[C@@H](n2cnc3c(NC(=O)OC(C)(C)C)nc(F)nc32)C[C@@H]1O. The van der Waals surface area contributed by atoms with Crippen molar-refractivity contribution in [3.63, 3.8) is 0 Å². The second-order valence-electron chi connectivity index (χ2n) is 9.60. The first-order valence-electron chi connectivity index (χ1n) is 11.4. The Morgan fingerprint density at radius 3 is 2.69 bits per heavy atom. The monoisotopic (exact) mass is 549 g/mol. The van der Waals surface area contributed by atoms with Gasteiger partial charge in [-0.25, -0.2) is 19.4 Å². The van der Waals surface area contributed by atoms with Gasteiger partial charge in [-0.2, -0.15) is 14.4 Å². The average Bonchev–Trinajstić information content (AvgIpc) is 3.46. The van der Waals surface area contributed by atoms with Crippen molar-refractivity contribution in [2.75, 3.05) is 5.32 Å². The van der Waals surface area contributed by atoms with E-state index in [1.54, 1.807) is 20.8 Å². The summed E-state index contributed by atoms with van der Waals surface area (Å²) < 4.78 is 41.3. The molecule has 3 aromatic heterocycles. The number of ether oxygens (including phenoxy) is 3. The Hall–Kier alpha value is -4.49. The summed E-state index contributed by atoms with van der Waals surface area (Å²) in [5.74, 6) is 0.656. The first kappa shape index (κ1) is 27.5. The fourth-order valence-corrected chi connectivity index (χ4v) is 4.12. The lowest BCUT2D eigenvalue weighted by atomic mass is 9.90. The minimum atomic E-state index is -1.85. The van der Waals surface area contributed by atoms with Crippen LogP contribution >= 0.6 is 0 Å². The number of carboxylic acid groups (broad SMARTS) is 1. The standard InChI is InChI=1S/C23H24FN5O10/c1-6-23(8-11(36-20(32)33)15-10(2)35-21(34)37-15)12(30)7-13(38-23)29-9-25-14-16(26-18(24)28-17(14)29)27-19(31)39-22(3,4)5/h1,9,11-13,30H,7-8H2,2-5H3,(H,32,33)(H,26,27,28,31)/t11?,12-,13+,23-/m0/s1. The number of hydrogen-bond acceptors (Lipinski definition) is 12. The van der Waals surface area contributed by atoms with Crippen LogP contribution in [0.3, 0.4) is 0 Å². The van der Waals surface area contributed by atoms with E-state index in [4.69, 9.17) is 29.5 Å². The van der Waals surface area contributed by atoms with Crippen molar-refractivity contribution >= 4 is 29.2 Å². The minimum Gasteiger partial charge on any atom is -0.450 e. The molecule has 3 aromatic rings. The number of terminal acetylenes is 1. The van der Waals surface area contributed by atoms with Gasteiger partial charge in [0.2, 0.25) is 0 Å². The molecule has 1 amide bonds. The Balaban J connectivity index is 1.65. The number of fused-ring (bicyclic) bond motifs is 1. The van der Waals surface area contributed by atoms with Crippen molar-refractivity contribution in [1.82, 2.24) is 19.5 Å². The van der Waals surface area contributed by atoms with Crippen molar-refractivity contribution in [1.29, 1.82) is 0 Å². The summed E-state index contributed by atoms with van der Waals surface area (Å²) in [6.45, 7) is 6.28. The van der Waals surface area contributed by atoms with Crippen LogP contribution in [0.5, 0.6) is 0 Å². The third-order valence-corrected chi connectivity index (χ3v) is 5.68. The maximum atomic E-state index is 14.4. The summed E-state index contributed by atoms with van der Waals surface area (Å²) in [5, 5.41) is 22.5. The van der Waals surface area contributed by atoms with E-state index in [1.807, 2.05) is 0 Å². The van der Waals surface area contributed by atoms with E-state index >= 15 is 0 Å². The first-order valence-corrected chi connectivity index (χ1v) is 11.4. The van der Waals surface area contributed by atoms with Crippen LogP contribution in [0.25, 0.3) is 11.2 Å². The third kappa shape index (κ3) is 5.68. The van der Waals surface area contributed by atoms with Gasteiger partial charge >= 0.3 is 24.1 Å². The lowest BCUT2D eigenvalue weighted by molar-refractivity contribution is -0.0923. The van der Waals surface area contributed by atoms with E-state index in [9.17, 15) is 29.0 Å². The molecule has 0 bridgehead atoms. The molecular weight excluding hydrogens is 525 g/mol. The maximum Gasteiger partial charge on any atom is 0.519 e. The van der Waals surface area contributed by atoms with Crippen molar-refractivity contribution in [3.05, 3.63) is 34.5 Å². The van der Waals surface area contributed by atoms with Gasteiger partial charge in [-0.1, -0.05) is 5.92 Å². The fourth-order valence-electron chi connectivity index (χ4n) is 4.12. The van der Waals surface area contributed by atoms with Crippen LogP contribution in [0.15, 0.2) is 20.0 Å². The molecule has 0 aromatic carbocycles.